The molecule has 0 amide bonds. The number of halogens is 3. The van der Waals surface area contributed by atoms with Crippen LogP contribution in [0.1, 0.15) is 18.1 Å². The van der Waals surface area contributed by atoms with E-state index in [1.807, 2.05) is 0 Å². The summed E-state index contributed by atoms with van der Waals surface area (Å²) in [6.07, 6.45) is -4.35. The molecule has 0 unspecified atom stereocenters. The highest BCUT2D eigenvalue weighted by Crippen LogP contribution is 2.33. The molecule has 0 aliphatic heterocycles. The average Bonchev–Trinajstić information content (AvgIpc) is 2.15. The van der Waals surface area contributed by atoms with Gasteiger partial charge in [0.15, 0.2) is 0 Å². The van der Waals surface area contributed by atoms with Crippen LogP contribution in [0.2, 0.25) is 0 Å². The minimum atomic E-state index is -4.35. The van der Waals surface area contributed by atoms with Crippen molar-refractivity contribution in [2.45, 2.75) is 18.0 Å². The van der Waals surface area contributed by atoms with Crippen LogP contribution in [0.5, 0.6) is 0 Å². The van der Waals surface area contributed by atoms with E-state index in [-0.39, 0.29) is 0 Å². The molecule has 0 atom stereocenters. The van der Waals surface area contributed by atoms with E-state index >= 15 is 0 Å². The molecule has 0 aromatic heterocycles. The van der Waals surface area contributed by atoms with Gasteiger partial charge in [-0.15, -0.1) is 0 Å². The van der Waals surface area contributed by atoms with Gasteiger partial charge in [-0.2, -0.15) is 13.2 Å². The van der Waals surface area contributed by atoms with Crippen LogP contribution in [-0.4, -0.2) is 0 Å². The molecule has 0 saturated heterocycles. The van der Waals surface area contributed by atoms with Crippen LogP contribution in [0, 0.1) is 0 Å². The number of hydrogen-bond donors (Lipinski definition) is 1. The molecule has 1 nitrogen and oxygen atoms in total. The molecule has 2 N–H and O–H groups in total. The van der Waals surface area contributed by atoms with Gasteiger partial charge in [-0.05, 0) is 42.6 Å². The van der Waals surface area contributed by atoms with E-state index in [0.717, 1.165) is 24.1 Å². The molecule has 0 fully saturated rings. The van der Waals surface area contributed by atoms with Crippen molar-refractivity contribution in [2.75, 3.05) is 0 Å². The van der Waals surface area contributed by atoms with E-state index in [1.165, 1.54) is 0 Å². The molecular formula is C10H10F3NS. The standard InChI is InChI=1S/C10H10F3NS/c1-6(2)7-3-8(10(11,12)13)5-9(4-7)15-14/h3-5H,1,14H2,2H3. The van der Waals surface area contributed by atoms with Crippen molar-refractivity contribution in [2.24, 2.45) is 5.14 Å². The lowest BCUT2D eigenvalue weighted by Gasteiger charge is -2.10. The topological polar surface area (TPSA) is 26.0 Å². The summed E-state index contributed by atoms with van der Waals surface area (Å²) in [7, 11) is 0. The maximum atomic E-state index is 12.5. The lowest BCUT2D eigenvalue weighted by atomic mass is 10.1. The SMILES string of the molecule is C=C(C)c1cc(SN)cc(C(F)(F)F)c1. The molecule has 0 aliphatic rings. The predicted molar refractivity (Wildman–Crippen MR) is 56.2 cm³/mol. The Morgan fingerprint density at radius 3 is 2.33 bits per heavy atom. The zero-order chi connectivity index (χ0) is 11.6. The molecule has 0 aliphatic carbocycles. The molecule has 1 aromatic carbocycles. The van der Waals surface area contributed by atoms with Gasteiger partial charge in [-0.25, -0.2) is 0 Å². The third kappa shape index (κ3) is 3.00. The largest absolute Gasteiger partial charge is 0.416 e. The summed E-state index contributed by atoms with van der Waals surface area (Å²) in [5.74, 6) is 0. The summed E-state index contributed by atoms with van der Waals surface area (Å²) >= 11 is 0.790. The monoisotopic (exact) mass is 233 g/mol. The summed E-state index contributed by atoms with van der Waals surface area (Å²) < 4.78 is 37.4. The van der Waals surface area contributed by atoms with Gasteiger partial charge in [-0.1, -0.05) is 12.2 Å². The highest BCUT2D eigenvalue weighted by molar-refractivity contribution is 7.97. The van der Waals surface area contributed by atoms with Crippen molar-refractivity contribution in [3.05, 3.63) is 35.9 Å². The van der Waals surface area contributed by atoms with Gasteiger partial charge >= 0.3 is 6.18 Å². The van der Waals surface area contributed by atoms with Gasteiger partial charge < -0.3 is 0 Å². The predicted octanol–water partition coefficient (Wildman–Crippen LogP) is 3.70. The van der Waals surface area contributed by atoms with Gasteiger partial charge in [0.25, 0.3) is 0 Å². The van der Waals surface area contributed by atoms with Gasteiger partial charge in [0.1, 0.15) is 0 Å². The highest BCUT2D eigenvalue weighted by Gasteiger charge is 2.31. The van der Waals surface area contributed by atoms with Gasteiger partial charge in [0.2, 0.25) is 0 Å². The Bertz CT molecular complexity index is 385. The fourth-order valence-corrected chi connectivity index (χ4v) is 1.47. The van der Waals surface area contributed by atoms with Crippen LogP contribution in [-0.2, 0) is 6.18 Å². The maximum absolute atomic E-state index is 12.5. The first-order valence-electron chi connectivity index (χ1n) is 4.09. The molecule has 82 valence electrons. The number of hydrogen-bond acceptors (Lipinski definition) is 2. The van der Waals surface area contributed by atoms with Gasteiger partial charge in [0.05, 0.1) is 5.56 Å². The Labute approximate surface area is 90.3 Å². The first-order valence-corrected chi connectivity index (χ1v) is 4.97. The first kappa shape index (κ1) is 12.1. The number of rotatable bonds is 2. The molecular weight excluding hydrogens is 223 g/mol. The van der Waals surface area contributed by atoms with Crippen LogP contribution in [0.25, 0.3) is 5.57 Å². The Morgan fingerprint density at radius 1 is 1.33 bits per heavy atom. The maximum Gasteiger partial charge on any atom is 0.416 e. The summed E-state index contributed by atoms with van der Waals surface area (Å²) in [6.45, 7) is 5.26. The van der Waals surface area contributed by atoms with Crippen molar-refractivity contribution >= 4 is 17.5 Å². The molecule has 0 spiro atoms. The number of nitrogens with two attached hydrogens (primary N) is 1. The summed E-state index contributed by atoms with van der Waals surface area (Å²) in [6, 6.07) is 3.68. The lowest BCUT2D eigenvalue weighted by Crippen LogP contribution is -2.05. The molecule has 1 rings (SSSR count). The quantitative estimate of drug-likeness (QED) is 0.788. The van der Waals surface area contributed by atoms with Crippen molar-refractivity contribution in [3.8, 4) is 0 Å². The van der Waals surface area contributed by atoms with Crippen LogP contribution in [0.4, 0.5) is 13.2 Å². The van der Waals surface area contributed by atoms with Crippen molar-refractivity contribution < 1.29 is 13.2 Å². The number of allylic oxidation sites excluding steroid dienone is 1. The van der Waals surface area contributed by atoms with E-state index in [2.05, 4.69) is 6.58 Å². The zero-order valence-corrected chi connectivity index (χ0v) is 8.88. The summed E-state index contributed by atoms with van der Waals surface area (Å²) in [4.78, 5) is 0.378. The molecule has 0 saturated carbocycles. The Kier molecular flexibility index (Phi) is 3.46. The highest BCUT2D eigenvalue weighted by atomic mass is 32.2. The smallest absolute Gasteiger partial charge is 0.274 e. The van der Waals surface area contributed by atoms with Crippen LogP contribution < -0.4 is 5.14 Å². The Morgan fingerprint density at radius 2 is 1.93 bits per heavy atom. The van der Waals surface area contributed by atoms with Gasteiger partial charge in [-0.3, -0.25) is 5.14 Å². The normalized spacial score (nSPS) is 11.5. The second-order valence-electron chi connectivity index (χ2n) is 3.14. The molecule has 1 aromatic rings. The average molecular weight is 233 g/mol. The van der Waals surface area contributed by atoms with Gasteiger partial charge in [0, 0.05) is 4.90 Å². The van der Waals surface area contributed by atoms with Crippen molar-refractivity contribution in [1.29, 1.82) is 0 Å². The van der Waals surface area contributed by atoms with E-state index in [4.69, 9.17) is 5.14 Å². The molecule has 5 heteroatoms. The number of benzene rings is 1. The van der Waals surface area contributed by atoms with Crippen molar-refractivity contribution in [1.82, 2.24) is 0 Å². The van der Waals surface area contributed by atoms with Crippen LogP contribution in [0.15, 0.2) is 29.7 Å². The third-order valence-electron chi connectivity index (χ3n) is 1.86. The second-order valence-corrected chi connectivity index (χ2v) is 3.85. The molecule has 0 radical (unpaired) electrons. The molecule has 0 bridgehead atoms. The Hall–Kier alpha value is -0.940. The van der Waals surface area contributed by atoms with Crippen molar-refractivity contribution in [3.63, 3.8) is 0 Å². The minimum Gasteiger partial charge on any atom is -0.274 e. The summed E-state index contributed by atoms with van der Waals surface area (Å²) in [5, 5.41) is 5.25. The van der Waals surface area contributed by atoms with Crippen LogP contribution in [0.3, 0.4) is 0 Å². The fourth-order valence-electron chi connectivity index (χ4n) is 1.08. The van der Waals surface area contributed by atoms with E-state index < -0.39 is 11.7 Å². The molecule has 0 heterocycles. The third-order valence-corrected chi connectivity index (χ3v) is 2.37. The number of alkyl halides is 3. The molecule has 15 heavy (non-hydrogen) atoms. The lowest BCUT2D eigenvalue weighted by molar-refractivity contribution is -0.137. The van der Waals surface area contributed by atoms with Crippen LogP contribution >= 0.6 is 11.9 Å². The van der Waals surface area contributed by atoms with E-state index in [1.54, 1.807) is 13.0 Å². The zero-order valence-electron chi connectivity index (χ0n) is 8.06. The minimum absolute atomic E-state index is 0.378. The first-order chi connectivity index (χ1) is 6.84. The fraction of sp³-hybridized carbons (Fsp3) is 0.200. The second kappa shape index (κ2) is 4.28. The van der Waals surface area contributed by atoms with E-state index in [9.17, 15) is 13.2 Å². The Balaban J connectivity index is 3.30. The van der Waals surface area contributed by atoms with E-state index in [0.29, 0.717) is 16.0 Å². The summed E-state index contributed by atoms with van der Waals surface area (Å²) in [5.41, 5.74) is 0.338.